The van der Waals surface area contributed by atoms with Crippen LogP contribution in [-0.2, 0) is 16.0 Å². The van der Waals surface area contributed by atoms with E-state index in [4.69, 9.17) is 0 Å². The fraction of sp³-hybridized carbons (Fsp3) is 0.385. The molecule has 1 aliphatic rings. The molecule has 1 fully saturated rings. The molecule has 2 rings (SSSR count). The molecule has 2 N–H and O–H groups in total. The predicted octanol–water partition coefficient (Wildman–Crippen LogP) is 1.58. The summed E-state index contributed by atoms with van der Waals surface area (Å²) in [5.74, 6) is -2.62. The van der Waals surface area contributed by atoms with E-state index in [0.29, 0.717) is 23.5 Å². The zero-order chi connectivity index (χ0) is 14.8. The first-order chi connectivity index (χ1) is 9.43. The van der Waals surface area contributed by atoms with Gasteiger partial charge in [-0.2, -0.15) is 11.8 Å². The second kappa shape index (κ2) is 5.78. The van der Waals surface area contributed by atoms with Gasteiger partial charge in [0.15, 0.2) is 11.6 Å². The van der Waals surface area contributed by atoms with E-state index < -0.39 is 29.0 Å². The van der Waals surface area contributed by atoms with Crippen LogP contribution in [0.3, 0.4) is 0 Å². The largest absolute Gasteiger partial charge is 0.479 e. The number of nitrogens with one attached hydrogen (secondary N) is 1. The van der Waals surface area contributed by atoms with Gasteiger partial charge >= 0.3 is 5.97 Å². The molecule has 1 aliphatic heterocycles. The van der Waals surface area contributed by atoms with E-state index in [-0.39, 0.29) is 6.42 Å². The quantitative estimate of drug-likeness (QED) is 0.886. The van der Waals surface area contributed by atoms with Crippen LogP contribution in [0.25, 0.3) is 0 Å². The molecule has 1 heterocycles. The molecule has 1 saturated heterocycles. The zero-order valence-electron chi connectivity index (χ0n) is 10.5. The third-order valence-corrected chi connectivity index (χ3v) is 4.35. The lowest BCUT2D eigenvalue weighted by molar-refractivity contribution is -0.146. The Hall–Kier alpha value is -1.63. The van der Waals surface area contributed by atoms with Crippen molar-refractivity contribution in [1.29, 1.82) is 0 Å². The van der Waals surface area contributed by atoms with Crippen molar-refractivity contribution in [1.82, 2.24) is 5.32 Å². The number of rotatable bonds is 4. The molecule has 1 aromatic rings. The van der Waals surface area contributed by atoms with E-state index in [1.165, 1.54) is 17.8 Å². The van der Waals surface area contributed by atoms with E-state index in [0.717, 1.165) is 12.1 Å². The average molecular weight is 301 g/mol. The van der Waals surface area contributed by atoms with E-state index in [9.17, 15) is 23.5 Å². The van der Waals surface area contributed by atoms with Gasteiger partial charge in [0.05, 0.1) is 6.42 Å². The lowest BCUT2D eigenvalue weighted by atomic mass is 9.98. The molecule has 0 spiro atoms. The van der Waals surface area contributed by atoms with Crippen molar-refractivity contribution < 1.29 is 23.5 Å². The molecular weight excluding hydrogens is 288 g/mol. The third kappa shape index (κ3) is 3.09. The zero-order valence-corrected chi connectivity index (χ0v) is 11.3. The maximum absolute atomic E-state index is 13.0. The minimum Gasteiger partial charge on any atom is -0.479 e. The van der Waals surface area contributed by atoms with Gasteiger partial charge in [-0.15, -0.1) is 0 Å². The Morgan fingerprint density at radius 3 is 2.65 bits per heavy atom. The number of carbonyl (C=O) groups is 2. The number of halogens is 2. The number of carboxylic acid groups (broad SMARTS) is 1. The number of benzene rings is 1. The van der Waals surface area contributed by atoms with Crippen LogP contribution in [0.5, 0.6) is 0 Å². The number of hydrogen-bond acceptors (Lipinski definition) is 3. The molecule has 0 aliphatic carbocycles. The normalized spacial score (nSPS) is 21.7. The molecule has 0 bridgehead atoms. The molecule has 1 aromatic carbocycles. The molecule has 0 radical (unpaired) electrons. The van der Waals surface area contributed by atoms with Crippen LogP contribution in [0.2, 0.25) is 0 Å². The number of aliphatic carboxylic acids is 1. The first-order valence-corrected chi connectivity index (χ1v) is 7.14. The molecule has 108 valence electrons. The number of carboxylic acids is 1. The summed E-state index contributed by atoms with van der Waals surface area (Å²) < 4.78 is 25.8. The lowest BCUT2D eigenvalue weighted by Crippen LogP contribution is -2.55. The van der Waals surface area contributed by atoms with E-state index in [2.05, 4.69) is 5.32 Å². The summed E-state index contributed by atoms with van der Waals surface area (Å²) in [6.45, 7) is 0. The maximum atomic E-state index is 13.0. The van der Waals surface area contributed by atoms with Crippen molar-refractivity contribution in [3.63, 3.8) is 0 Å². The number of amides is 1. The topological polar surface area (TPSA) is 66.4 Å². The van der Waals surface area contributed by atoms with E-state index >= 15 is 0 Å². The number of hydrogen-bond donors (Lipinski definition) is 2. The number of carbonyl (C=O) groups excluding carboxylic acids is 1. The van der Waals surface area contributed by atoms with Crippen LogP contribution < -0.4 is 5.32 Å². The Bertz CT molecular complexity index is 544. The Kier molecular flexibility index (Phi) is 4.27. The van der Waals surface area contributed by atoms with Crippen molar-refractivity contribution in [3.05, 3.63) is 35.4 Å². The van der Waals surface area contributed by atoms with Gasteiger partial charge in [0.1, 0.15) is 5.54 Å². The van der Waals surface area contributed by atoms with Crippen LogP contribution in [0, 0.1) is 11.6 Å². The third-order valence-electron chi connectivity index (χ3n) is 3.16. The molecule has 0 aromatic heterocycles. The Morgan fingerprint density at radius 2 is 2.10 bits per heavy atom. The monoisotopic (exact) mass is 301 g/mol. The van der Waals surface area contributed by atoms with Gasteiger partial charge in [-0.3, -0.25) is 4.79 Å². The van der Waals surface area contributed by atoms with Crippen LogP contribution in [0.4, 0.5) is 8.78 Å². The Balaban J connectivity index is 2.04. The standard InChI is InChI=1S/C13H13F2NO3S/c14-9-2-1-8(5-10(9)15)6-11(17)16-13(12(18)19)3-4-20-7-13/h1-2,5H,3-4,6-7H2,(H,16,17)(H,18,19)/t13-/m0/s1. The molecule has 20 heavy (non-hydrogen) atoms. The van der Waals surface area contributed by atoms with Crippen LogP contribution in [0.1, 0.15) is 12.0 Å². The summed E-state index contributed by atoms with van der Waals surface area (Å²) in [6, 6.07) is 3.18. The molecule has 7 heteroatoms. The van der Waals surface area contributed by atoms with E-state index in [1.807, 2.05) is 0 Å². The van der Waals surface area contributed by atoms with Crippen LogP contribution in [0.15, 0.2) is 18.2 Å². The maximum Gasteiger partial charge on any atom is 0.330 e. The highest BCUT2D eigenvalue weighted by Gasteiger charge is 2.43. The second-order valence-electron chi connectivity index (χ2n) is 4.66. The van der Waals surface area contributed by atoms with Gasteiger partial charge in [-0.05, 0) is 29.9 Å². The van der Waals surface area contributed by atoms with Crippen LogP contribution >= 0.6 is 11.8 Å². The highest BCUT2D eigenvalue weighted by Crippen LogP contribution is 2.28. The van der Waals surface area contributed by atoms with E-state index in [1.54, 1.807) is 0 Å². The minimum absolute atomic E-state index is 0.184. The summed E-state index contributed by atoms with van der Waals surface area (Å²) >= 11 is 1.46. The Labute approximate surface area is 118 Å². The lowest BCUT2D eigenvalue weighted by Gasteiger charge is -2.24. The second-order valence-corrected chi connectivity index (χ2v) is 5.77. The van der Waals surface area contributed by atoms with Gasteiger partial charge in [-0.1, -0.05) is 6.07 Å². The number of thioether (sulfide) groups is 1. The molecule has 4 nitrogen and oxygen atoms in total. The summed E-state index contributed by atoms with van der Waals surface area (Å²) in [5.41, 5.74) is -0.951. The fourth-order valence-electron chi connectivity index (χ4n) is 2.03. The van der Waals surface area contributed by atoms with Crippen molar-refractivity contribution >= 4 is 23.6 Å². The highest BCUT2D eigenvalue weighted by molar-refractivity contribution is 7.99. The van der Waals surface area contributed by atoms with Gasteiger partial charge in [0.25, 0.3) is 0 Å². The SMILES string of the molecule is O=C(Cc1ccc(F)c(F)c1)N[C@@]1(C(=O)O)CCSC1. The summed E-state index contributed by atoms with van der Waals surface area (Å²) in [7, 11) is 0. The fourth-order valence-corrected chi connectivity index (χ4v) is 3.36. The predicted molar refractivity (Wildman–Crippen MR) is 70.5 cm³/mol. The molecule has 1 amide bonds. The summed E-state index contributed by atoms with van der Waals surface area (Å²) in [6.07, 6.45) is 0.174. The summed E-state index contributed by atoms with van der Waals surface area (Å²) in [4.78, 5) is 23.1. The first kappa shape index (κ1) is 14.8. The van der Waals surface area contributed by atoms with Gasteiger partial charge in [0, 0.05) is 5.75 Å². The van der Waals surface area contributed by atoms with Crippen molar-refractivity contribution in [2.45, 2.75) is 18.4 Å². The van der Waals surface area contributed by atoms with Gasteiger partial charge in [-0.25, -0.2) is 13.6 Å². The minimum atomic E-state index is -1.25. The molecule has 0 unspecified atom stereocenters. The smallest absolute Gasteiger partial charge is 0.330 e. The molecular formula is C13H13F2NO3S. The molecule has 0 saturated carbocycles. The highest BCUT2D eigenvalue weighted by atomic mass is 32.2. The van der Waals surface area contributed by atoms with Gasteiger partial charge < -0.3 is 10.4 Å². The van der Waals surface area contributed by atoms with Crippen LogP contribution in [-0.4, -0.2) is 34.0 Å². The van der Waals surface area contributed by atoms with Crippen molar-refractivity contribution in [3.8, 4) is 0 Å². The van der Waals surface area contributed by atoms with Crippen molar-refractivity contribution in [2.75, 3.05) is 11.5 Å². The average Bonchev–Trinajstić information content (AvgIpc) is 2.83. The summed E-state index contributed by atoms with van der Waals surface area (Å²) in [5, 5.41) is 11.7. The van der Waals surface area contributed by atoms with Crippen molar-refractivity contribution in [2.24, 2.45) is 0 Å². The van der Waals surface area contributed by atoms with Gasteiger partial charge in [0.2, 0.25) is 5.91 Å². The molecule has 1 atom stereocenters. The first-order valence-electron chi connectivity index (χ1n) is 5.99. The Morgan fingerprint density at radius 1 is 1.35 bits per heavy atom.